The second-order valence-corrected chi connectivity index (χ2v) is 5.12. The molecule has 0 radical (unpaired) electrons. The van der Waals surface area contributed by atoms with Crippen molar-refractivity contribution in [2.45, 2.75) is 52.1 Å². The fourth-order valence-corrected chi connectivity index (χ4v) is 1.57. The predicted octanol–water partition coefficient (Wildman–Crippen LogP) is 1.92. The van der Waals surface area contributed by atoms with Crippen molar-refractivity contribution >= 4 is 5.97 Å². The highest BCUT2D eigenvalue weighted by Crippen LogP contribution is 2.08. The lowest BCUT2D eigenvalue weighted by Gasteiger charge is -2.13. The maximum atomic E-state index is 11.3. The van der Waals surface area contributed by atoms with Crippen LogP contribution in [-0.4, -0.2) is 35.5 Å². The van der Waals surface area contributed by atoms with Gasteiger partial charge in [-0.2, -0.15) is 0 Å². The van der Waals surface area contributed by atoms with Gasteiger partial charge in [0.25, 0.3) is 10.2 Å². The fourth-order valence-electron chi connectivity index (χ4n) is 1.57. The van der Waals surface area contributed by atoms with E-state index in [1.54, 1.807) is 0 Å². The zero-order chi connectivity index (χ0) is 17.0. The maximum Gasteiger partial charge on any atom is 0.305 e. The molecule has 0 aliphatic rings. The van der Waals surface area contributed by atoms with Crippen molar-refractivity contribution in [2.24, 2.45) is 5.92 Å². The van der Waals surface area contributed by atoms with E-state index >= 15 is 0 Å². The Morgan fingerprint density at radius 3 is 2.32 bits per heavy atom. The molecule has 10 heteroatoms. The molecule has 0 aliphatic carbocycles. The van der Waals surface area contributed by atoms with Crippen LogP contribution in [0.15, 0.2) is 0 Å². The van der Waals surface area contributed by atoms with E-state index in [4.69, 9.17) is 4.74 Å². The van der Waals surface area contributed by atoms with Gasteiger partial charge in [0.15, 0.2) is 0 Å². The average Bonchev–Trinajstić information content (AvgIpc) is 2.41. The third-order valence-electron chi connectivity index (χ3n) is 2.71. The highest BCUT2D eigenvalue weighted by Gasteiger charge is 2.15. The molecule has 0 aromatic rings. The molecular formula is C12H22N2O8. The molecule has 0 unspecified atom stereocenters. The van der Waals surface area contributed by atoms with Crippen LogP contribution >= 0.6 is 0 Å². The minimum Gasteiger partial charge on any atom is -0.466 e. The van der Waals surface area contributed by atoms with Gasteiger partial charge in [0.05, 0.1) is 6.61 Å². The van der Waals surface area contributed by atoms with Crippen LogP contribution in [0.4, 0.5) is 0 Å². The van der Waals surface area contributed by atoms with E-state index in [-0.39, 0.29) is 19.0 Å². The maximum absolute atomic E-state index is 11.3. The Balaban J connectivity index is 3.80. The number of ether oxygens (including phenoxy) is 1. The second kappa shape index (κ2) is 11.5. The molecule has 0 rings (SSSR count). The number of carbonyl (C=O) groups is 1. The number of hydrogen-bond acceptors (Lipinski definition) is 8. The van der Waals surface area contributed by atoms with Gasteiger partial charge in [0.1, 0.15) is 12.7 Å². The lowest BCUT2D eigenvalue weighted by molar-refractivity contribution is -0.790. The normalized spacial score (nSPS) is 11.8. The van der Waals surface area contributed by atoms with E-state index in [9.17, 15) is 25.0 Å². The Bertz CT molecular complexity index is 361. The standard InChI is InChI=1S/C12H22N2O8/c1-10(2)6-7-12(15)20-8-4-3-5-11(22-14(18)19)9-21-13(16)17/h10-11H,3-9H2,1-2H3/t11-/m1/s1. The molecule has 0 fully saturated rings. The molecule has 0 bridgehead atoms. The lowest BCUT2D eigenvalue weighted by atomic mass is 10.1. The summed E-state index contributed by atoms with van der Waals surface area (Å²) >= 11 is 0. The highest BCUT2D eigenvalue weighted by molar-refractivity contribution is 5.69. The van der Waals surface area contributed by atoms with Crippen LogP contribution < -0.4 is 0 Å². The molecule has 0 saturated heterocycles. The minimum absolute atomic E-state index is 0.193. The van der Waals surface area contributed by atoms with Crippen molar-refractivity contribution in [3.05, 3.63) is 20.2 Å². The zero-order valence-corrected chi connectivity index (χ0v) is 12.8. The van der Waals surface area contributed by atoms with Crippen molar-refractivity contribution in [2.75, 3.05) is 13.2 Å². The molecule has 0 heterocycles. The molecule has 22 heavy (non-hydrogen) atoms. The van der Waals surface area contributed by atoms with Gasteiger partial charge in [-0.3, -0.25) is 4.79 Å². The largest absolute Gasteiger partial charge is 0.466 e. The summed E-state index contributed by atoms with van der Waals surface area (Å²) in [6, 6.07) is 0. The Labute approximate surface area is 127 Å². The number of unbranched alkanes of at least 4 members (excludes halogenated alkanes) is 1. The van der Waals surface area contributed by atoms with Crippen molar-refractivity contribution in [3.63, 3.8) is 0 Å². The highest BCUT2D eigenvalue weighted by atomic mass is 17.0. The Kier molecular flexibility index (Phi) is 10.4. The monoisotopic (exact) mass is 322 g/mol. The quantitative estimate of drug-likeness (QED) is 0.217. The molecule has 0 aliphatic heterocycles. The summed E-state index contributed by atoms with van der Waals surface area (Å²) in [7, 11) is 0. The molecule has 0 N–H and O–H groups in total. The van der Waals surface area contributed by atoms with Crippen LogP contribution in [-0.2, 0) is 19.2 Å². The van der Waals surface area contributed by atoms with Gasteiger partial charge < -0.3 is 14.4 Å². The van der Waals surface area contributed by atoms with Gasteiger partial charge in [0.2, 0.25) is 0 Å². The zero-order valence-electron chi connectivity index (χ0n) is 12.8. The van der Waals surface area contributed by atoms with E-state index in [1.807, 2.05) is 13.8 Å². The summed E-state index contributed by atoms with van der Waals surface area (Å²) in [5, 5.41) is 18.2. The van der Waals surface area contributed by atoms with Crippen molar-refractivity contribution in [1.82, 2.24) is 0 Å². The smallest absolute Gasteiger partial charge is 0.305 e. The molecule has 128 valence electrons. The SMILES string of the molecule is CC(C)CCC(=O)OCCCC[C@H](CO[N+](=O)[O-])O[N+](=O)[O-]. The Hall–Kier alpha value is -2.13. The van der Waals surface area contributed by atoms with Gasteiger partial charge in [0, 0.05) is 6.42 Å². The summed E-state index contributed by atoms with van der Waals surface area (Å²) in [6.45, 7) is 3.71. The molecular weight excluding hydrogens is 300 g/mol. The summed E-state index contributed by atoms with van der Waals surface area (Å²) in [4.78, 5) is 40.0. The Morgan fingerprint density at radius 1 is 1.09 bits per heavy atom. The van der Waals surface area contributed by atoms with Crippen LogP contribution in [0, 0.1) is 26.1 Å². The van der Waals surface area contributed by atoms with Crippen molar-refractivity contribution < 1.29 is 29.4 Å². The number of hydrogen-bond donors (Lipinski definition) is 0. The van der Waals surface area contributed by atoms with Crippen LogP contribution in [0.3, 0.4) is 0 Å². The lowest BCUT2D eigenvalue weighted by Crippen LogP contribution is -2.24. The first-order valence-electron chi connectivity index (χ1n) is 7.05. The molecule has 0 saturated carbocycles. The van der Waals surface area contributed by atoms with Gasteiger partial charge in [-0.05, 0) is 31.6 Å². The predicted molar refractivity (Wildman–Crippen MR) is 73.7 cm³/mol. The summed E-state index contributed by atoms with van der Waals surface area (Å²) in [6.07, 6.45) is 1.24. The first-order chi connectivity index (χ1) is 10.3. The van der Waals surface area contributed by atoms with E-state index in [1.165, 1.54) is 0 Å². The number of nitrogens with zero attached hydrogens (tertiary/aromatic N) is 2. The van der Waals surface area contributed by atoms with Gasteiger partial charge in [-0.15, -0.1) is 20.2 Å². The fraction of sp³-hybridized carbons (Fsp3) is 0.917. The minimum atomic E-state index is -1.03. The van der Waals surface area contributed by atoms with Gasteiger partial charge in [-0.25, -0.2) is 0 Å². The first kappa shape index (κ1) is 19.9. The summed E-state index contributed by atoms with van der Waals surface area (Å²) in [5.74, 6) is 0.151. The average molecular weight is 322 g/mol. The summed E-state index contributed by atoms with van der Waals surface area (Å²) < 4.78 is 5.00. The molecule has 0 aromatic heterocycles. The molecule has 1 atom stereocenters. The van der Waals surface area contributed by atoms with Crippen LogP contribution in [0.25, 0.3) is 0 Å². The molecule has 0 aromatic carbocycles. The molecule has 0 spiro atoms. The van der Waals surface area contributed by atoms with E-state index in [0.717, 1.165) is 6.42 Å². The second-order valence-electron chi connectivity index (χ2n) is 5.12. The van der Waals surface area contributed by atoms with E-state index < -0.39 is 22.9 Å². The van der Waals surface area contributed by atoms with Gasteiger partial charge >= 0.3 is 5.97 Å². The van der Waals surface area contributed by atoms with Crippen LogP contribution in [0.5, 0.6) is 0 Å². The topological polar surface area (TPSA) is 131 Å². The summed E-state index contributed by atoms with van der Waals surface area (Å²) in [5.41, 5.74) is 0. The third kappa shape index (κ3) is 12.9. The van der Waals surface area contributed by atoms with E-state index in [2.05, 4.69) is 9.68 Å². The Morgan fingerprint density at radius 2 is 1.77 bits per heavy atom. The first-order valence-corrected chi connectivity index (χ1v) is 7.05. The third-order valence-corrected chi connectivity index (χ3v) is 2.71. The molecule has 10 nitrogen and oxygen atoms in total. The molecule has 0 amide bonds. The van der Waals surface area contributed by atoms with Crippen molar-refractivity contribution in [1.29, 1.82) is 0 Å². The van der Waals surface area contributed by atoms with Crippen molar-refractivity contribution in [3.8, 4) is 0 Å². The van der Waals surface area contributed by atoms with E-state index in [0.29, 0.717) is 25.2 Å². The van der Waals surface area contributed by atoms with Gasteiger partial charge in [-0.1, -0.05) is 13.8 Å². The van der Waals surface area contributed by atoms with Crippen LogP contribution in [0.1, 0.15) is 46.0 Å². The number of carbonyl (C=O) groups excluding carboxylic acids is 1. The van der Waals surface area contributed by atoms with Crippen LogP contribution in [0.2, 0.25) is 0 Å². The number of rotatable bonds is 13. The number of esters is 1.